The number of imidazole rings is 1. The van der Waals surface area contributed by atoms with E-state index < -0.39 is 51.6 Å². The van der Waals surface area contributed by atoms with Gasteiger partial charge in [0.25, 0.3) is 36.0 Å². The molecule has 0 unspecified atom stereocenters. The number of aromatic nitrogens is 3. The van der Waals surface area contributed by atoms with Crippen molar-refractivity contribution in [2.24, 2.45) is 30.7 Å². The predicted octanol–water partition coefficient (Wildman–Crippen LogP) is 10.5. The van der Waals surface area contributed by atoms with Gasteiger partial charge in [-0.2, -0.15) is 30.5 Å². The minimum Gasteiger partial charge on any atom is -0.493 e. The fourth-order valence-electron chi connectivity index (χ4n) is 6.83. The highest BCUT2D eigenvalue weighted by Crippen LogP contribution is 2.45. The van der Waals surface area contributed by atoms with Crippen LogP contribution >= 0.6 is 11.3 Å². The maximum atomic E-state index is 12.2. The zero-order valence-electron chi connectivity index (χ0n) is 36.9. The number of fused-ring (bicyclic) bond motifs is 4. The molecule has 0 atom stereocenters. The SMILES string of the molecule is CS(=O)(=O)O.Cc1cc(N=Nc2c(C)c(C#N)c3nc4ccccc4n3c2O)c(OCCCS(=O)(=O)O)cc1N=Nc1nc(-c2cccc3ccccc23)c(N=Nc2ccc([N+](=O)[O-])cc2S(=O)(=O)O)s1. The van der Waals surface area contributed by atoms with Crippen LogP contribution in [-0.4, -0.2) is 81.9 Å². The Morgan fingerprint density at radius 3 is 2.20 bits per heavy atom. The van der Waals surface area contributed by atoms with Gasteiger partial charge in [0.1, 0.15) is 39.3 Å². The van der Waals surface area contributed by atoms with Crippen LogP contribution in [0.15, 0.2) is 133 Å². The predicted molar refractivity (Wildman–Crippen MR) is 259 cm³/mol. The van der Waals surface area contributed by atoms with Crippen molar-refractivity contribution in [3.63, 3.8) is 0 Å². The van der Waals surface area contributed by atoms with Crippen molar-refractivity contribution in [1.29, 1.82) is 5.26 Å². The molecule has 0 saturated heterocycles. The first-order valence-corrected chi connectivity index (χ1v) is 25.9. The fraction of sp³-hybridized carbons (Fsp3) is 0.140. The van der Waals surface area contributed by atoms with Crippen LogP contribution in [0.3, 0.4) is 0 Å². The number of azo groups is 3. The van der Waals surface area contributed by atoms with Crippen LogP contribution in [0.2, 0.25) is 0 Å². The van der Waals surface area contributed by atoms with Crippen LogP contribution in [0, 0.1) is 35.3 Å². The average Bonchev–Trinajstić information content (AvgIpc) is 3.90. The fourth-order valence-corrected chi connectivity index (χ4v) is 8.68. The second-order valence-corrected chi connectivity index (χ2v) is 20.4. The van der Waals surface area contributed by atoms with Crippen molar-refractivity contribution >= 4 is 108 Å². The Balaban J connectivity index is 0.00000141. The number of nitro groups is 1. The van der Waals surface area contributed by atoms with Crippen molar-refractivity contribution in [3.05, 3.63) is 124 Å². The largest absolute Gasteiger partial charge is 0.493 e. The molecular formula is C43H35N11O13S4. The highest BCUT2D eigenvalue weighted by atomic mass is 32.2. The number of aryl methyl sites for hydroxylation is 1. The number of pyridine rings is 1. The number of benzene rings is 5. The second-order valence-electron chi connectivity index (χ2n) is 15.0. The minimum absolute atomic E-state index is 0.0255. The second kappa shape index (κ2) is 20.5. The van der Waals surface area contributed by atoms with E-state index in [1.54, 1.807) is 56.3 Å². The molecule has 0 spiro atoms. The lowest BCUT2D eigenvalue weighted by Gasteiger charge is -2.11. The van der Waals surface area contributed by atoms with Gasteiger partial charge >= 0.3 is 0 Å². The van der Waals surface area contributed by atoms with Gasteiger partial charge in [-0.3, -0.25) is 28.2 Å². The van der Waals surface area contributed by atoms with Crippen molar-refractivity contribution in [1.82, 2.24) is 14.4 Å². The summed E-state index contributed by atoms with van der Waals surface area (Å²) >= 11 is 0.918. The lowest BCUT2D eigenvalue weighted by Crippen LogP contribution is -2.08. The topological polar surface area (TPSA) is 364 Å². The van der Waals surface area contributed by atoms with Crippen LogP contribution in [-0.2, 0) is 30.4 Å². The Kier molecular flexibility index (Phi) is 14.7. The molecule has 3 aromatic heterocycles. The monoisotopic (exact) mass is 1040 g/mol. The van der Waals surface area contributed by atoms with Crippen LogP contribution < -0.4 is 4.74 Å². The molecule has 0 aliphatic rings. The number of para-hydroxylation sites is 2. The zero-order chi connectivity index (χ0) is 51.4. The van der Waals surface area contributed by atoms with Gasteiger partial charge in [0.15, 0.2) is 16.3 Å². The Morgan fingerprint density at radius 2 is 1.49 bits per heavy atom. The number of aromatic hydroxyl groups is 1. The number of rotatable bonds is 14. The van der Waals surface area contributed by atoms with E-state index in [2.05, 4.69) is 41.7 Å². The summed E-state index contributed by atoms with van der Waals surface area (Å²) in [6.45, 7) is 3.09. The minimum atomic E-state index is -4.97. The van der Waals surface area contributed by atoms with Gasteiger partial charge in [0.05, 0.1) is 40.3 Å². The quantitative estimate of drug-likeness (QED) is 0.0258. The Hall–Kier alpha value is -8.04. The van der Waals surface area contributed by atoms with Gasteiger partial charge in [-0.25, -0.2) is 9.97 Å². The summed E-state index contributed by atoms with van der Waals surface area (Å²) in [7, 11) is -12.9. The molecule has 8 rings (SSSR count). The third-order valence-corrected chi connectivity index (χ3v) is 12.5. The van der Waals surface area contributed by atoms with E-state index in [1.165, 1.54) is 10.5 Å². The van der Waals surface area contributed by atoms with Gasteiger partial charge in [-0.1, -0.05) is 65.9 Å². The average molecular weight is 1040 g/mol. The highest BCUT2D eigenvalue weighted by Gasteiger charge is 2.23. The molecule has 0 aliphatic carbocycles. The summed E-state index contributed by atoms with van der Waals surface area (Å²) in [5, 5.41) is 60.6. The number of thiazole rings is 1. The summed E-state index contributed by atoms with van der Waals surface area (Å²) in [6.07, 6.45) is 0.613. The third kappa shape index (κ3) is 12.1. The van der Waals surface area contributed by atoms with Crippen LogP contribution in [0.1, 0.15) is 23.1 Å². The highest BCUT2D eigenvalue weighted by molar-refractivity contribution is 7.86. The summed E-state index contributed by atoms with van der Waals surface area (Å²) in [5.74, 6) is -0.855. The van der Waals surface area contributed by atoms with E-state index in [0.717, 1.165) is 34.2 Å². The molecule has 0 aliphatic heterocycles. The van der Waals surface area contributed by atoms with E-state index in [0.29, 0.717) is 40.0 Å². The van der Waals surface area contributed by atoms with E-state index in [9.17, 15) is 54.8 Å². The van der Waals surface area contributed by atoms with E-state index in [1.807, 2.05) is 30.3 Å². The van der Waals surface area contributed by atoms with Crippen LogP contribution in [0.5, 0.6) is 11.6 Å². The van der Waals surface area contributed by atoms with Gasteiger partial charge in [0.2, 0.25) is 11.0 Å². The van der Waals surface area contributed by atoms with Gasteiger partial charge in [0, 0.05) is 29.3 Å². The molecule has 8 aromatic rings. The molecule has 0 fully saturated rings. The molecule has 28 heteroatoms. The van der Waals surface area contributed by atoms with Crippen LogP contribution in [0.25, 0.3) is 38.7 Å². The standard InChI is InChI=1S/C42H31N11O10S3.CH4O3S/c1-23-19-33(48-49-37-24(2)29(22-43)39-44-30-13-5-6-14-34(30)52(39)41(37)54)35(63-17-8-18-65(57,58)59)21-32(23)47-51-42-45-38(28-12-7-10-25-9-3-4-11-27(25)28)40(64-42)50-46-31-16-15-26(53(55)56)20-36(31)66(60,61)62;1-5(2,3)4/h3-7,9-16,19-21,54H,8,17-18H2,1-2H3,(H,57,58,59)(H,60,61,62);1H3,(H,2,3,4). The lowest BCUT2D eigenvalue weighted by atomic mass is 10.0. The first-order chi connectivity index (χ1) is 33.5. The number of non-ortho nitro benzene ring substituents is 1. The Labute approximate surface area is 406 Å². The smallest absolute Gasteiger partial charge is 0.297 e. The summed E-state index contributed by atoms with van der Waals surface area (Å²) < 4.78 is 99.7. The van der Waals surface area contributed by atoms with Gasteiger partial charge in [-0.05, 0) is 60.9 Å². The van der Waals surface area contributed by atoms with Crippen molar-refractivity contribution in [2.45, 2.75) is 25.2 Å². The van der Waals surface area contributed by atoms with Gasteiger partial charge in [-0.15, -0.1) is 30.7 Å². The Morgan fingerprint density at radius 1 is 0.817 bits per heavy atom. The van der Waals surface area contributed by atoms with E-state index in [-0.39, 0.29) is 74.4 Å². The van der Waals surface area contributed by atoms with E-state index >= 15 is 0 Å². The third-order valence-electron chi connectivity index (χ3n) is 9.96. The van der Waals surface area contributed by atoms with Crippen molar-refractivity contribution < 1.29 is 53.7 Å². The maximum Gasteiger partial charge on any atom is 0.297 e. The first-order valence-electron chi connectivity index (χ1n) is 20.2. The molecule has 0 bridgehead atoms. The molecule has 0 radical (unpaired) electrons. The van der Waals surface area contributed by atoms with E-state index in [4.69, 9.17) is 14.3 Å². The van der Waals surface area contributed by atoms with Crippen molar-refractivity contribution in [3.8, 4) is 29.0 Å². The molecule has 0 saturated carbocycles. The number of ether oxygens (including phenoxy) is 1. The summed E-state index contributed by atoms with van der Waals surface area (Å²) in [5.41, 5.74) is 2.50. The molecule has 5 aromatic carbocycles. The van der Waals surface area contributed by atoms with Crippen LogP contribution in [0.4, 0.5) is 38.6 Å². The lowest BCUT2D eigenvalue weighted by molar-refractivity contribution is -0.385. The number of nitrogens with zero attached hydrogens (tertiary/aromatic N) is 11. The number of hydrogen-bond acceptors (Lipinski definition) is 20. The molecular weight excluding hydrogens is 1010 g/mol. The molecule has 0 amide bonds. The van der Waals surface area contributed by atoms with Gasteiger partial charge < -0.3 is 9.84 Å². The number of nitriles is 1. The normalized spacial score (nSPS) is 12.3. The molecule has 3 heterocycles. The maximum absolute atomic E-state index is 12.2. The molecule has 364 valence electrons. The molecule has 71 heavy (non-hydrogen) atoms. The number of nitro benzene ring substituents is 1. The molecule has 24 nitrogen and oxygen atoms in total. The summed E-state index contributed by atoms with van der Waals surface area (Å²) in [4.78, 5) is 18.9. The Bertz CT molecular complexity index is 3910. The van der Waals surface area contributed by atoms with Crippen molar-refractivity contribution in [2.75, 3.05) is 18.6 Å². The zero-order valence-corrected chi connectivity index (χ0v) is 40.1. The summed E-state index contributed by atoms with van der Waals surface area (Å²) in [6, 6.07) is 27.8. The first kappa shape index (κ1) is 50.8. The number of hydrogen-bond donors (Lipinski definition) is 4. The molecule has 4 N–H and O–H groups in total.